The van der Waals surface area contributed by atoms with Crippen LogP contribution in [0.3, 0.4) is 0 Å². The zero-order chi connectivity index (χ0) is 17.1. The van der Waals surface area contributed by atoms with Crippen molar-refractivity contribution in [1.82, 2.24) is 4.98 Å². The highest BCUT2D eigenvalue weighted by Crippen LogP contribution is 2.41. The molecule has 0 N–H and O–H groups in total. The Labute approximate surface area is 145 Å². The Morgan fingerprint density at radius 1 is 0.833 bits per heavy atom. The summed E-state index contributed by atoms with van der Waals surface area (Å²) in [6.45, 7) is 2.08. The van der Waals surface area contributed by atoms with Crippen molar-refractivity contribution < 1.29 is 14.2 Å². The van der Waals surface area contributed by atoms with Gasteiger partial charge in [-0.25, -0.2) is 4.98 Å². The highest BCUT2D eigenvalue weighted by Gasteiger charge is 2.16. The Balaban J connectivity index is 2.02. The molecular weight excluding hydrogens is 322 g/mol. The fourth-order valence-electron chi connectivity index (χ4n) is 2.46. The Bertz CT molecular complexity index is 815. The van der Waals surface area contributed by atoms with Crippen LogP contribution in [0.5, 0.6) is 17.2 Å². The SMILES string of the molecule is COc1cc(-c2csc(-c3ccc(C)cc3)n2)cc(OC)c1OC. The quantitative estimate of drug-likeness (QED) is 0.668. The van der Waals surface area contributed by atoms with E-state index >= 15 is 0 Å². The molecular formula is C19H19NO3S. The lowest BCUT2D eigenvalue weighted by Gasteiger charge is -2.13. The molecule has 0 aliphatic carbocycles. The highest BCUT2D eigenvalue weighted by molar-refractivity contribution is 7.13. The molecule has 2 aromatic carbocycles. The van der Waals surface area contributed by atoms with Crippen molar-refractivity contribution >= 4 is 11.3 Å². The monoisotopic (exact) mass is 341 g/mol. The number of hydrogen-bond donors (Lipinski definition) is 0. The smallest absolute Gasteiger partial charge is 0.203 e. The van der Waals surface area contributed by atoms with Gasteiger partial charge in [0.2, 0.25) is 5.75 Å². The fraction of sp³-hybridized carbons (Fsp3) is 0.211. The van der Waals surface area contributed by atoms with Crippen molar-refractivity contribution in [1.29, 1.82) is 0 Å². The first-order valence-electron chi connectivity index (χ1n) is 7.49. The topological polar surface area (TPSA) is 40.6 Å². The summed E-state index contributed by atoms with van der Waals surface area (Å²) in [7, 11) is 4.82. The maximum Gasteiger partial charge on any atom is 0.203 e. The van der Waals surface area contributed by atoms with Gasteiger partial charge in [0.25, 0.3) is 0 Å². The first-order chi connectivity index (χ1) is 11.7. The third kappa shape index (κ3) is 3.08. The molecule has 4 nitrogen and oxygen atoms in total. The molecule has 0 spiro atoms. The standard InChI is InChI=1S/C19H19NO3S/c1-12-5-7-13(8-6-12)19-20-15(11-24-19)14-9-16(21-2)18(23-4)17(10-14)22-3/h5-11H,1-4H3. The second kappa shape index (κ2) is 6.93. The van der Waals surface area contributed by atoms with Crippen LogP contribution in [-0.4, -0.2) is 26.3 Å². The van der Waals surface area contributed by atoms with Crippen LogP contribution < -0.4 is 14.2 Å². The summed E-state index contributed by atoms with van der Waals surface area (Å²) in [5.74, 6) is 1.83. The van der Waals surface area contributed by atoms with Crippen molar-refractivity contribution in [3.8, 4) is 39.1 Å². The average molecular weight is 341 g/mol. The van der Waals surface area contributed by atoms with Crippen LogP contribution in [0.15, 0.2) is 41.8 Å². The molecule has 0 saturated carbocycles. The van der Waals surface area contributed by atoms with E-state index in [0.29, 0.717) is 17.2 Å². The van der Waals surface area contributed by atoms with Crippen LogP contribution in [0.4, 0.5) is 0 Å². The molecule has 124 valence electrons. The molecule has 0 saturated heterocycles. The largest absolute Gasteiger partial charge is 0.493 e. The molecule has 1 aromatic heterocycles. The second-order valence-corrected chi connectivity index (χ2v) is 6.18. The minimum absolute atomic E-state index is 0.581. The summed E-state index contributed by atoms with van der Waals surface area (Å²) < 4.78 is 16.2. The molecule has 3 aromatic rings. The van der Waals surface area contributed by atoms with Crippen LogP contribution in [0.25, 0.3) is 21.8 Å². The van der Waals surface area contributed by atoms with Crippen molar-refractivity contribution in [2.45, 2.75) is 6.92 Å². The first-order valence-corrected chi connectivity index (χ1v) is 8.37. The van der Waals surface area contributed by atoms with Gasteiger partial charge in [-0.1, -0.05) is 29.8 Å². The zero-order valence-corrected chi connectivity index (χ0v) is 14.9. The zero-order valence-electron chi connectivity index (χ0n) is 14.1. The van der Waals surface area contributed by atoms with E-state index in [0.717, 1.165) is 21.8 Å². The van der Waals surface area contributed by atoms with E-state index in [9.17, 15) is 0 Å². The van der Waals surface area contributed by atoms with E-state index in [2.05, 4.69) is 31.2 Å². The van der Waals surface area contributed by atoms with Crippen molar-refractivity contribution in [2.24, 2.45) is 0 Å². The molecule has 0 aliphatic rings. The predicted octanol–water partition coefficient (Wildman–Crippen LogP) is 4.81. The number of hydrogen-bond acceptors (Lipinski definition) is 5. The van der Waals surface area contributed by atoms with E-state index in [1.807, 2.05) is 17.5 Å². The van der Waals surface area contributed by atoms with Gasteiger partial charge in [0, 0.05) is 16.5 Å². The molecule has 0 amide bonds. The van der Waals surface area contributed by atoms with Crippen LogP contribution in [-0.2, 0) is 0 Å². The van der Waals surface area contributed by atoms with Gasteiger partial charge in [-0.3, -0.25) is 0 Å². The number of aryl methyl sites for hydroxylation is 1. The van der Waals surface area contributed by atoms with Gasteiger partial charge in [-0.15, -0.1) is 11.3 Å². The van der Waals surface area contributed by atoms with Gasteiger partial charge in [0.1, 0.15) is 5.01 Å². The van der Waals surface area contributed by atoms with Crippen molar-refractivity contribution in [3.05, 3.63) is 47.3 Å². The van der Waals surface area contributed by atoms with Crippen LogP contribution >= 0.6 is 11.3 Å². The third-order valence-electron chi connectivity index (χ3n) is 3.76. The van der Waals surface area contributed by atoms with Gasteiger partial charge >= 0.3 is 0 Å². The molecule has 5 heteroatoms. The minimum atomic E-state index is 0.581. The van der Waals surface area contributed by atoms with Crippen LogP contribution in [0.2, 0.25) is 0 Å². The number of aromatic nitrogens is 1. The van der Waals surface area contributed by atoms with Crippen molar-refractivity contribution in [2.75, 3.05) is 21.3 Å². The molecule has 1 heterocycles. The molecule has 0 atom stereocenters. The maximum absolute atomic E-state index is 5.42. The highest BCUT2D eigenvalue weighted by atomic mass is 32.1. The van der Waals surface area contributed by atoms with Gasteiger partial charge in [-0.05, 0) is 19.1 Å². The second-order valence-electron chi connectivity index (χ2n) is 5.32. The van der Waals surface area contributed by atoms with Gasteiger partial charge in [0.05, 0.1) is 27.0 Å². The number of benzene rings is 2. The lowest BCUT2D eigenvalue weighted by atomic mass is 10.1. The summed E-state index contributed by atoms with van der Waals surface area (Å²) in [5.41, 5.74) is 4.17. The summed E-state index contributed by atoms with van der Waals surface area (Å²) in [6, 6.07) is 12.2. The number of rotatable bonds is 5. The third-order valence-corrected chi connectivity index (χ3v) is 4.65. The molecule has 0 unspecified atom stereocenters. The molecule has 0 aliphatic heterocycles. The number of ether oxygens (including phenoxy) is 3. The summed E-state index contributed by atoms with van der Waals surface area (Å²) in [5, 5.41) is 3.02. The molecule has 0 bridgehead atoms. The minimum Gasteiger partial charge on any atom is -0.493 e. The van der Waals surface area contributed by atoms with Gasteiger partial charge in [-0.2, -0.15) is 0 Å². The van der Waals surface area contributed by atoms with Gasteiger partial charge in [0.15, 0.2) is 11.5 Å². The van der Waals surface area contributed by atoms with Crippen molar-refractivity contribution in [3.63, 3.8) is 0 Å². The molecule has 0 radical (unpaired) electrons. The summed E-state index contributed by atoms with van der Waals surface area (Å²) in [6.07, 6.45) is 0. The Hall–Kier alpha value is -2.53. The number of thiazole rings is 1. The van der Waals surface area contributed by atoms with Gasteiger partial charge < -0.3 is 14.2 Å². The molecule has 24 heavy (non-hydrogen) atoms. The van der Waals surface area contributed by atoms with E-state index in [1.54, 1.807) is 32.7 Å². The van der Waals surface area contributed by atoms with E-state index in [1.165, 1.54) is 5.56 Å². The Kier molecular flexibility index (Phi) is 4.71. The predicted molar refractivity (Wildman–Crippen MR) is 97.4 cm³/mol. The lowest BCUT2D eigenvalue weighted by molar-refractivity contribution is 0.324. The van der Waals surface area contributed by atoms with Crippen LogP contribution in [0, 0.1) is 6.92 Å². The normalized spacial score (nSPS) is 10.5. The van der Waals surface area contributed by atoms with E-state index in [-0.39, 0.29) is 0 Å². The number of methoxy groups -OCH3 is 3. The Morgan fingerprint density at radius 3 is 2.00 bits per heavy atom. The maximum atomic E-state index is 5.42. The molecule has 0 fully saturated rings. The number of nitrogens with zero attached hydrogens (tertiary/aromatic N) is 1. The summed E-state index contributed by atoms with van der Waals surface area (Å²) in [4.78, 5) is 4.75. The average Bonchev–Trinajstić information content (AvgIpc) is 3.11. The van der Waals surface area contributed by atoms with E-state index < -0.39 is 0 Å². The fourth-order valence-corrected chi connectivity index (χ4v) is 3.30. The first kappa shape index (κ1) is 16.3. The van der Waals surface area contributed by atoms with E-state index in [4.69, 9.17) is 19.2 Å². The van der Waals surface area contributed by atoms with Crippen LogP contribution in [0.1, 0.15) is 5.56 Å². The Morgan fingerprint density at radius 2 is 1.46 bits per heavy atom. The molecule has 3 rings (SSSR count). The summed E-state index contributed by atoms with van der Waals surface area (Å²) >= 11 is 1.62. The lowest BCUT2D eigenvalue weighted by Crippen LogP contribution is -1.95.